The lowest BCUT2D eigenvalue weighted by Crippen LogP contribution is -2.70. The zero-order valence-electron chi connectivity index (χ0n) is 11.9. The topological polar surface area (TPSA) is 9.23 Å². The van der Waals surface area contributed by atoms with Crippen molar-refractivity contribution >= 4 is 22.3 Å². The van der Waals surface area contributed by atoms with Crippen molar-refractivity contribution < 1.29 is 4.74 Å². The fourth-order valence-corrected chi connectivity index (χ4v) is 49.5. The molecular formula is C12H28OSi3. The predicted molar refractivity (Wildman–Crippen MR) is 79.9 cm³/mol. The molecule has 0 aromatic rings. The van der Waals surface area contributed by atoms with E-state index in [1.807, 2.05) is 0 Å². The van der Waals surface area contributed by atoms with Crippen LogP contribution in [0.15, 0.2) is 0 Å². The number of rotatable bonds is 2. The second-order valence-electron chi connectivity index (χ2n) is 8.05. The minimum Gasteiger partial charge on any atom is -0.381 e. The molecule has 2 rings (SSSR count). The molecule has 16 heavy (non-hydrogen) atoms. The van der Waals surface area contributed by atoms with Crippen molar-refractivity contribution in [3.05, 3.63) is 0 Å². The third-order valence-electron chi connectivity index (χ3n) is 5.42. The number of hydrogen-bond acceptors (Lipinski definition) is 1. The molecular weight excluding hydrogens is 244 g/mol. The Morgan fingerprint density at radius 2 is 1.19 bits per heavy atom. The van der Waals surface area contributed by atoms with E-state index in [1.165, 1.54) is 0 Å². The summed E-state index contributed by atoms with van der Waals surface area (Å²) in [6.45, 7) is 18.2. The van der Waals surface area contributed by atoms with Gasteiger partial charge in [-0.15, -0.1) is 0 Å². The third-order valence-corrected chi connectivity index (χ3v) is 46.8. The Morgan fingerprint density at radius 3 is 1.50 bits per heavy atom. The lowest BCUT2D eigenvalue weighted by molar-refractivity contribution is 0.181. The van der Waals surface area contributed by atoms with E-state index >= 15 is 0 Å². The zero-order valence-corrected chi connectivity index (χ0v) is 14.9. The fourth-order valence-electron chi connectivity index (χ4n) is 4.42. The van der Waals surface area contributed by atoms with E-state index in [2.05, 4.69) is 39.3 Å². The Balaban J connectivity index is 2.32. The van der Waals surface area contributed by atoms with Crippen molar-refractivity contribution in [2.24, 2.45) is 11.8 Å². The molecule has 2 unspecified atom stereocenters. The van der Waals surface area contributed by atoms with Crippen LogP contribution in [-0.4, -0.2) is 35.5 Å². The van der Waals surface area contributed by atoms with Crippen LogP contribution < -0.4 is 0 Å². The highest BCUT2D eigenvalue weighted by atomic mass is 29.6. The molecule has 0 aromatic heterocycles. The van der Waals surface area contributed by atoms with Crippen molar-refractivity contribution in [1.82, 2.24) is 0 Å². The maximum atomic E-state index is 5.68. The van der Waals surface area contributed by atoms with Crippen LogP contribution in [0.4, 0.5) is 0 Å². The zero-order chi connectivity index (χ0) is 12.2. The van der Waals surface area contributed by atoms with Crippen LogP contribution >= 0.6 is 0 Å². The van der Waals surface area contributed by atoms with Gasteiger partial charge in [0.15, 0.2) is 0 Å². The summed E-state index contributed by atoms with van der Waals surface area (Å²) in [5, 5.41) is 0. The maximum Gasteiger partial charge on any atom is 0.0494 e. The van der Waals surface area contributed by atoms with Gasteiger partial charge in [0.25, 0.3) is 0 Å². The summed E-state index contributed by atoms with van der Waals surface area (Å²) < 4.78 is 5.68. The summed E-state index contributed by atoms with van der Waals surface area (Å²) in [6, 6.07) is 3.26. The van der Waals surface area contributed by atoms with Gasteiger partial charge in [0.05, 0.1) is 0 Å². The Morgan fingerprint density at radius 1 is 0.812 bits per heavy atom. The molecule has 0 radical (unpaired) electrons. The van der Waals surface area contributed by atoms with Gasteiger partial charge >= 0.3 is 0 Å². The van der Waals surface area contributed by atoms with Crippen LogP contribution in [0.2, 0.25) is 51.4 Å². The van der Waals surface area contributed by atoms with Gasteiger partial charge in [-0.05, 0) is 11.8 Å². The molecule has 0 aliphatic carbocycles. The van der Waals surface area contributed by atoms with Crippen molar-refractivity contribution in [2.45, 2.75) is 51.4 Å². The third kappa shape index (κ3) is 1.82. The quantitative estimate of drug-likeness (QED) is 0.699. The molecule has 2 aliphatic heterocycles. The minimum atomic E-state index is -0.934. The highest BCUT2D eigenvalue weighted by molar-refractivity contribution is 7.69. The van der Waals surface area contributed by atoms with Crippen LogP contribution in [0.5, 0.6) is 0 Å². The van der Waals surface area contributed by atoms with E-state index in [4.69, 9.17) is 4.74 Å². The SMILES string of the molecule is C[Si](C)(C)[Si]1([Si](C)(C)C)CC2COCC2C1. The Hall–Kier alpha value is 0.611. The number of fused-ring (bicyclic) bond motifs is 1. The standard InChI is InChI=1S/C12H28OSi3/c1-14(2,3)16(15(4,5)6)9-11-7-13-8-12(11)10-16/h11-12H,7-10H2,1-6H3. The summed E-state index contributed by atoms with van der Waals surface area (Å²) >= 11 is 0. The highest BCUT2D eigenvalue weighted by Gasteiger charge is 2.61. The first-order valence-corrected chi connectivity index (χ1v) is 18.2. The van der Waals surface area contributed by atoms with E-state index in [0.717, 1.165) is 25.0 Å². The molecule has 0 amide bonds. The molecule has 1 nitrogen and oxygen atoms in total. The molecule has 2 atom stereocenters. The van der Waals surface area contributed by atoms with Crippen LogP contribution in [0.1, 0.15) is 0 Å². The maximum absolute atomic E-state index is 5.68. The van der Waals surface area contributed by atoms with Gasteiger partial charge in [0.1, 0.15) is 0 Å². The lowest BCUT2D eigenvalue weighted by atomic mass is 10.0. The van der Waals surface area contributed by atoms with Gasteiger partial charge in [-0.2, -0.15) is 0 Å². The van der Waals surface area contributed by atoms with Crippen LogP contribution in [0.3, 0.4) is 0 Å². The van der Waals surface area contributed by atoms with Crippen LogP contribution in [-0.2, 0) is 4.74 Å². The lowest BCUT2D eigenvalue weighted by Gasteiger charge is -2.48. The number of ether oxygens (including phenoxy) is 1. The number of hydrogen-bond donors (Lipinski definition) is 0. The molecule has 4 heteroatoms. The van der Waals surface area contributed by atoms with Gasteiger partial charge in [-0.25, -0.2) is 0 Å². The van der Waals surface area contributed by atoms with Gasteiger partial charge in [0, 0.05) is 35.5 Å². The minimum absolute atomic E-state index is 0.931. The predicted octanol–water partition coefficient (Wildman–Crippen LogP) is 3.54. The van der Waals surface area contributed by atoms with Crippen molar-refractivity contribution in [3.63, 3.8) is 0 Å². The Bertz CT molecular complexity index is 249. The van der Waals surface area contributed by atoms with Crippen molar-refractivity contribution in [2.75, 3.05) is 13.2 Å². The molecule has 2 heterocycles. The van der Waals surface area contributed by atoms with E-state index in [0.29, 0.717) is 0 Å². The molecule has 2 fully saturated rings. The summed E-state index contributed by atoms with van der Waals surface area (Å²) in [6.07, 6.45) is 0. The van der Waals surface area contributed by atoms with Crippen molar-refractivity contribution in [1.29, 1.82) is 0 Å². The summed E-state index contributed by atoms with van der Waals surface area (Å²) in [7, 11) is -2.80. The van der Waals surface area contributed by atoms with Crippen molar-refractivity contribution in [3.8, 4) is 0 Å². The molecule has 94 valence electrons. The summed E-state index contributed by atoms with van der Waals surface area (Å²) in [5.74, 6) is 1.93. The average molecular weight is 273 g/mol. The summed E-state index contributed by atoms with van der Waals surface area (Å²) in [4.78, 5) is 0. The fraction of sp³-hybridized carbons (Fsp3) is 1.00. The molecule has 0 saturated carbocycles. The molecule has 0 aromatic carbocycles. The summed E-state index contributed by atoms with van der Waals surface area (Å²) in [5.41, 5.74) is 0. The smallest absolute Gasteiger partial charge is 0.0494 e. The largest absolute Gasteiger partial charge is 0.381 e. The van der Waals surface area contributed by atoms with Gasteiger partial charge < -0.3 is 4.74 Å². The first kappa shape index (κ1) is 13.1. The first-order valence-electron chi connectivity index (χ1n) is 6.75. The Kier molecular flexibility index (Phi) is 3.10. The van der Waals surface area contributed by atoms with Gasteiger partial charge in [0.2, 0.25) is 0 Å². The van der Waals surface area contributed by atoms with E-state index in [1.54, 1.807) is 12.1 Å². The first-order chi connectivity index (χ1) is 7.17. The molecule has 0 spiro atoms. The van der Waals surface area contributed by atoms with Gasteiger partial charge in [-0.3, -0.25) is 0 Å². The normalized spacial score (nSPS) is 34.1. The highest BCUT2D eigenvalue weighted by Crippen LogP contribution is 2.50. The van der Waals surface area contributed by atoms with E-state index < -0.39 is 22.3 Å². The Labute approximate surface area is 104 Å². The van der Waals surface area contributed by atoms with E-state index in [9.17, 15) is 0 Å². The molecule has 2 saturated heterocycles. The van der Waals surface area contributed by atoms with E-state index in [-0.39, 0.29) is 0 Å². The second kappa shape index (κ2) is 3.80. The molecule has 0 bridgehead atoms. The molecule has 2 aliphatic rings. The van der Waals surface area contributed by atoms with Crippen LogP contribution in [0.25, 0.3) is 0 Å². The molecule has 0 N–H and O–H groups in total. The van der Waals surface area contributed by atoms with Gasteiger partial charge in [-0.1, -0.05) is 51.4 Å². The van der Waals surface area contributed by atoms with Crippen LogP contribution in [0, 0.1) is 11.8 Å². The second-order valence-corrected chi connectivity index (χ2v) is 36.3. The monoisotopic (exact) mass is 272 g/mol. The average Bonchev–Trinajstić information content (AvgIpc) is 2.53.